The highest BCUT2D eigenvalue weighted by Crippen LogP contribution is 2.16. The maximum absolute atomic E-state index is 5.31. The molecular weight excluding hydrogens is 316 g/mol. The van der Waals surface area contributed by atoms with E-state index < -0.39 is 0 Å². The molecule has 0 atom stereocenters. The van der Waals surface area contributed by atoms with Gasteiger partial charge in [0.1, 0.15) is 0 Å². The van der Waals surface area contributed by atoms with Gasteiger partial charge in [-0.25, -0.2) is 0 Å². The molecule has 0 saturated heterocycles. The van der Waals surface area contributed by atoms with Gasteiger partial charge in [0.15, 0.2) is 5.11 Å². The molecule has 0 fully saturated rings. The summed E-state index contributed by atoms with van der Waals surface area (Å²) in [6.45, 7) is 5.10. The second-order valence-electron chi connectivity index (χ2n) is 4.81. The SMILES string of the molecule is Cc1ccc(NC(=S)NCCSCc2cccs2)cc1C. The molecule has 0 spiro atoms. The summed E-state index contributed by atoms with van der Waals surface area (Å²) in [4.78, 5) is 1.43. The van der Waals surface area contributed by atoms with E-state index in [2.05, 4.69) is 60.2 Å². The molecular formula is C16H20N2S3. The fourth-order valence-corrected chi connectivity index (χ4v) is 3.72. The first-order valence-electron chi connectivity index (χ1n) is 6.87. The number of thiophene rings is 1. The van der Waals surface area contributed by atoms with Crippen LogP contribution in [0, 0.1) is 13.8 Å². The van der Waals surface area contributed by atoms with Crippen molar-refractivity contribution >= 4 is 46.1 Å². The number of benzene rings is 1. The van der Waals surface area contributed by atoms with Crippen LogP contribution in [0.15, 0.2) is 35.7 Å². The molecule has 0 aliphatic rings. The molecule has 0 aliphatic heterocycles. The van der Waals surface area contributed by atoms with Crippen molar-refractivity contribution in [2.75, 3.05) is 17.6 Å². The number of aryl methyl sites for hydroxylation is 2. The highest BCUT2D eigenvalue weighted by Gasteiger charge is 2.00. The van der Waals surface area contributed by atoms with Crippen molar-refractivity contribution in [2.24, 2.45) is 0 Å². The zero-order valence-corrected chi connectivity index (χ0v) is 14.8. The zero-order valence-electron chi connectivity index (χ0n) is 12.3. The molecule has 0 saturated carbocycles. The van der Waals surface area contributed by atoms with Crippen LogP contribution in [0.2, 0.25) is 0 Å². The molecule has 0 unspecified atom stereocenters. The Morgan fingerprint density at radius 3 is 2.81 bits per heavy atom. The Labute approximate surface area is 140 Å². The first-order valence-corrected chi connectivity index (χ1v) is 9.31. The van der Waals surface area contributed by atoms with E-state index in [1.165, 1.54) is 16.0 Å². The first kappa shape index (κ1) is 16.3. The minimum absolute atomic E-state index is 0.690. The van der Waals surface area contributed by atoms with Gasteiger partial charge in [0.25, 0.3) is 0 Å². The molecule has 1 aromatic carbocycles. The molecule has 2 N–H and O–H groups in total. The van der Waals surface area contributed by atoms with E-state index in [9.17, 15) is 0 Å². The Morgan fingerprint density at radius 1 is 1.24 bits per heavy atom. The molecule has 0 aliphatic carbocycles. The van der Waals surface area contributed by atoms with Gasteiger partial charge in [-0.1, -0.05) is 12.1 Å². The van der Waals surface area contributed by atoms with Crippen molar-refractivity contribution in [3.05, 3.63) is 51.7 Å². The van der Waals surface area contributed by atoms with Crippen molar-refractivity contribution in [2.45, 2.75) is 19.6 Å². The van der Waals surface area contributed by atoms with Gasteiger partial charge in [0, 0.05) is 28.6 Å². The van der Waals surface area contributed by atoms with E-state index in [4.69, 9.17) is 12.2 Å². The molecule has 1 heterocycles. The minimum Gasteiger partial charge on any atom is -0.362 e. The lowest BCUT2D eigenvalue weighted by molar-refractivity contribution is 0.990. The summed E-state index contributed by atoms with van der Waals surface area (Å²) in [5.41, 5.74) is 3.61. The third kappa shape index (κ3) is 5.69. The number of hydrogen-bond donors (Lipinski definition) is 2. The fraction of sp³-hybridized carbons (Fsp3) is 0.312. The predicted molar refractivity (Wildman–Crippen MR) is 101 cm³/mol. The number of rotatable bonds is 6. The van der Waals surface area contributed by atoms with Gasteiger partial charge in [0.05, 0.1) is 0 Å². The maximum Gasteiger partial charge on any atom is 0.170 e. The van der Waals surface area contributed by atoms with Crippen molar-refractivity contribution in [1.29, 1.82) is 0 Å². The Balaban J connectivity index is 1.64. The van der Waals surface area contributed by atoms with Crippen LogP contribution >= 0.6 is 35.3 Å². The average molecular weight is 337 g/mol. The van der Waals surface area contributed by atoms with Crippen LogP contribution in [-0.2, 0) is 5.75 Å². The van der Waals surface area contributed by atoms with Gasteiger partial charge in [-0.05, 0) is 60.8 Å². The fourth-order valence-electron chi connectivity index (χ4n) is 1.80. The van der Waals surface area contributed by atoms with Crippen LogP contribution in [0.5, 0.6) is 0 Å². The van der Waals surface area contributed by atoms with Crippen molar-refractivity contribution in [3.63, 3.8) is 0 Å². The zero-order chi connectivity index (χ0) is 15.1. The van der Waals surface area contributed by atoms with Crippen LogP contribution in [0.1, 0.15) is 16.0 Å². The molecule has 2 aromatic rings. The largest absolute Gasteiger partial charge is 0.362 e. The lowest BCUT2D eigenvalue weighted by Crippen LogP contribution is -2.30. The van der Waals surface area contributed by atoms with Crippen LogP contribution in [-0.4, -0.2) is 17.4 Å². The van der Waals surface area contributed by atoms with E-state index in [0.29, 0.717) is 5.11 Å². The number of nitrogens with one attached hydrogen (secondary N) is 2. The third-order valence-corrected chi connectivity index (χ3v) is 5.43. The van der Waals surface area contributed by atoms with Crippen LogP contribution in [0.3, 0.4) is 0 Å². The molecule has 21 heavy (non-hydrogen) atoms. The second-order valence-corrected chi connectivity index (χ2v) is 7.36. The molecule has 2 nitrogen and oxygen atoms in total. The van der Waals surface area contributed by atoms with Crippen molar-refractivity contribution in [3.8, 4) is 0 Å². The third-order valence-electron chi connectivity index (χ3n) is 3.12. The Bertz CT molecular complexity index is 579. The van der Waals surface area contributed by atoms with E-state index in [-0.39, 0.29) is 0 Å². The summed E-state index contributed by atoms with van der Waals surface area (Å²) in [5.74, 6) is 2.13. The Kier molecular flexibility index (Phi) is 6.54. The van der Waals surface area contributed by atoms with Crippen LogP contribution in [0.4, 0.5) is 5.69 Å². The Hall–Kier alpha value is -1.04. The molecule has 0 bridgehead atoms. The van der Waals surface area contributed by atoms with Gasteiger partial charge in [0.2, 0.25) is 0 Å². The standard InChI is InChI=1S/C16H20N2S3/c1-12-5-6-14(10-13(12)2)18-16(19)17-7-9-20-11-15-4-3-8-21-15/h3-6,8,10H,7,9,11H2,1-2H3,(H2,17,18,19). The van der Waals surface area contributed by atoms with Gasteiger partial charge in [-0.2, -0.15) is 11.8 Å². The molecule has 5 heteroatoms. The van der Waals surface area contributed by atoms with Gasteiger partial charge < -0.3 is 10.6 Å². The quantitative estimate of drug-likeness (QED) is 0.595. The molecule has 112 valence electrons. The smallest absolute Gasteiger partial charge is 0.170 e. The van der Waals surface area contributed by atoms with E-state index in [1.807, 2.05) is 23.1 Å². The number of hydrogen-bond acceptors (Lipinski definition) is 3. The lowest BCUT2D eigenvalue weighted by atomic mass is 10.1. The summed E-state index contributed by atoms with van der Waals surface area (Å²) in [6.07, 6.45) is 0. The number of anilines is 1. The summed E-state index contributed by atoms with van der Waals surface area (Å²) < 4.78 is 0. The highest BCUT2D eigenvalue weighted by atomic mass is 32.2. The molecule has 0 radical (unpaired) electrons. The Morgan fingerprint density at radius 2 is 2.10 bits per heavy atom. The number of thiocarbonyl (C=S) groups is 1. The topological polar surface area (TPSA) is 24.1 Å². The molecule has 2 rings (SSSR count). The molecule has 0 amide bonds. The first-order chi connectivity index (χ1) is 10.1. The second kappa shape index (κ2) is 8.41. The normalized spacial score (nSPS) is 10.4. The van der Waals surface area contributed by atoms with Crippen LogP contribution in [0.25, 0.3) is 0 Å². The average Bonchev–Trinajstić information content (AvgIpc) is 2.96. The lowest BCUT2D eigenvalue weighted by Gasteiger charge is -2.11. The van der Waals surface area contributed by atoms with E-state index >= 15 is 0 Å². The minimum atomic E-state index is 0.690. The van der Waals surface area contributed by atoms with Gasteiger partial charge >= 0.3 is 0 Å². The van der Waals surface area contributed by atoms with Crippen molar-refractivity contribution in [1.82, 2.24) is 5.32 Å². The monoisotopic (exact) mass is 336 g/mol. The van der Waals surface area contributed by atoms with E-state index in [1.54, 1.807) is 0 Å². The predicted octanol–water partition coefficient (Wildman–Crippen LogP) is 4.58. The van der Waals surface area contributed by atoms with Gasteiger partial charge in [-0.3, -0.25) is 0 Å². The van der Waals surface area contributed by atoms with Crippen molar-refractivity contribution < 1.29 is 0 Å². The summed E-state index contributed by atoms with van der Waals surface area (Å²) in [5, 5.41) is 9.29. The highest BCUT2D eigenvalue weighted by molar-refractivity contribution is 7.98. The van der Waals surface area contributed by atoms with Gasteiger partial charge in [-0.15, -0.1) is 11.3 Å². The van der Waals surface area contributed by atoms with E-state index in [0.717, 1.165) is 23.7 Å². The maximum atomic E-state index is 5.31. The number of thioether (sulfide) groups is 1. The van der Waals surface area contributed by atoms with Crippen LogP contribution < -0.4 is 10.6 Å². The summed E-state index contributed by atoms with van der Waals surface area (Å²) in [7, 11) is 0. The molecule has 1 aromatic heterocycles. The summed E-state index contributed by atoms with van der Waals surface area (Å²) >= 11 is 9.05. The summed E-state index contributed by atoms with van der Waals surface area (Å²) in [6, 6.07) is 10.6.